The minimum absolute atomic E-state index is 0.209. The summed E-state index contributed by atoms with van der Waals surface area (Å²) in [4.78, 5) is 17.4. The van der Waals surface area contributed by atoms with E-state index in [9.17, 15) is 18.0 Å². The Balaban J connectivity index is 1.86. The number of likely N-dealkylation sites (N-methyl/N-ethyl adjacent to an activating group) is 1. The summed E-state index contributed by atoms with van der Waals surface area (Å²) in [7, 11) is 1.62. The number of nitrogens with zero attached hydrogens (tertiary/aromatic N) is 2. The Bertz CT molecular complexity index is 643. The lowest BCUT2D eigenvalue weighted by Gasteiger charge is -2.17. The number of carbonyl (C=O) groups is 1. The van der Waals surface area contributed by atoms with Gasteiger partial charge in [-0.3, -0.25) is 9.78 Å². The van der Waals surface area contributed by atoms with Crippen LogP contribution in [-0.2, 0) is 17.5 Å². The molecule has 7 heteroatoms. The molecule has 0 atom stereocenters. The number of aromatic nitrogens is 1. The molecule has 0 saturated heterocycles. The maximum Gasteiger partial charge on any atom is 0.416 e. The number of benzene rings is 1. The molecular weight excluding hydrogens is 309 g/mol. The molecule has 4 nitrogen and oxygen atoms in total. The molecule has 0 N–H and O–H groups in total. The van der Waals surface area contributed by atoms with E-state index < -0.39 is 11.7 Å². The highest BCUT2D eigenvalue weighted by Gasteiger charge is 2.30. The van der Waals surface area contributed by atoms with Crippen LogP contribution in [0.4, 0.5) is 13.2 Å². The first-order valence-electron chi connectivity index (χ1n) is 6.79. The largest absolute Gasteiger partial charge is 0.484 e. The third kappa shape index (κ3) is 4.98. The Hall–Kier alpha value is -2.57. The van der Waals surface area contributed by atoms with E-state index in [1.807, 2.05) is 6.07 Å². The summed E-state index contributed by atoms with van der Waals surface area (Å²) in [6.07, 6.45) is -1.10. The first-order valence-corrected chi connectivity index (χ1v) is 6.79. The van der Waals surface area contributed by atoms with E-state index in [1.165, 1.54) is 17.0 Å². The summed E-state index contributed by atoms with van der Waals surface area (Å²) >= 11 is 0. The third-order valence-corrected chi connectivity index (χ3v) is 3.11. The van der Waals surface area contributed by atoms with Crippen molar-refractivity contribution in [3.63, 3.8) is 0 Å². The van der Waals surface area contributed by atoms with Crippen LogP contribution in [0.5, 0.6) is 5.75 Å². The smallest absolute Gasteiger partial charge is 0.416 e. The van der Waals surface area contributed by atoms with Crippen LogP contribution < -0.4 is 4.74 Å². The average molecular weight is 324 g/mol. The van der Waals surface area contributed by atoms with Crippen LogP contribution in [0.3, 0.4) is 0 Å². The predicted molar refractivity (Wildman–Crippen MR) is 77.7 cm³/mol. The van der Waals surface area contributed by atoms with Crippen LogP contribution in [-0.4, -0.2) is 29.4 Å². The van der Waals surface area contributed by atoms with Crippen molar-refractivity contribution in [3.05, 3.63) is 59.9 Å². The van der Waals surface area contributed by atoms with E-state index in [-0.39, 0.29) is 18.3 Å². The molecule has 1 aromatic heterocycles. The average Bonchev–Trinajstić information content (AvgIpc) is 2.53. The number of amides is 1. The van der Waals surface area contributed by atoms with Crippen molar-refractivity contribution in [3.8, 4) is 5.75 Å². The van der Waals surface area contributed by atoms with Crippen molar-refractivity contribution >= 4 is 5.91 Å². The van der Waals surface area contributed by atoms with Gasteiger partial charge in [-0.2, -0.15) is 13.2 Å². The molecule has 0 bridgehead atoms. The minimum Gasteiger partial charge on any atom is -0.484 e. The Kier molecular flexibility index (Phi) is 5.20. The highest BCUT2D eigenvalue weighted by atomic mass is 19.4. The summed E-state index contributed by atoms with van der Waals surface area (Å²) in [5, 5.41) is 0. The Morgan fingerprint density at radius 2 is 1.91 bits per heavy atom. The fourth-order valence-corrected chi connectivity index (χ4v) is 1.85. The highest BCUT2D eigenvalue weighted by Crippen LogP contribution is 2.30. The molecule has 1 aromatic carbocycles. The minimum atomic E-state index is -4.39. The van der Waals surface area contributed by atoms with Crippen LogP contribution in [0.2, 0.25) is 0 Å². The molecular formula is C16H15F3N2O2. The lowest BCUT2D eigenvalue weighted by molar-refractivity contribution is -0.137. The van der Waals surface area contributed by atoms with E-state index in [0.29, 0.717) is 6.54 Å². The second kappa shape index (κ2) is 7.13. The molecule has 0 unspecified atom stereocenters. The van der Waals surface area contributed by atoms with E-state index >= 15 is 0 Å². The summed E-state index contributed by atoms with van der Waals surface area (Å²) in [6.45, 7) is 0.130. The Morgan fingerprint density at radius 1 is 1.22 bits per heavy atom. The van der Waals surface area contributed by atoms with E-state index in [2.05, 4.69) is 4.98 Å². The first-order chi connectivity index (χ1) is 10.9. The normalized spacial score (nSPS) is 11.1. The topological polar surface area (TPSA) is 42.4 Å². The van der Waals surface area contributed by atoms with Crippen molar-refractivity contribution in [1.82, 2.24) is 9.88 Å². The van der Waals surface area contributed by atoms with Gasteiger partial charge in [-0.1, -0.05) is 6.07 Å². The molecule has 0 radical (unpaired) electrons. The number of hydrogen-bond donors (Lipinski definition) is 0. The van der Waals surface area contributed by atoms with Crippen LogP contribution in [0, 0.1) is 0 Å². The van der Waals surface area contributed by atoms with Gasteiger partial charge in [0.1, 0.15) is 5.75 Å². The summed E-state index contributed by atoms with van der Waals surface area (Å²) in [6, 6.07) is 7.83. The van der Waals surface area contributed by atoms with Crippen molar-refractivity contribution in [2.75, 3.05) is 13.7 Å². The van der Waals surface area contributed by atoms with Gasteiger partial charge in [0.2, 0.25) is 0 Å². The number of pyridine rings is 1. The number of rotatable bonds is 5. The van der Waals surface area contributed by atoms with Crippen molar-refractivity contribution in [1.29, 1.82) is 0 Å². The monoisotopic (exact) mass is 324 g/mol. The van der Waals surface area contributed by atoms with Gasteiger partial charge in [-0.25, -0.2) is 0 Å². The summed E-state index contributed by atoms with van der Waals surface area (Å²) in [5.74, 6) is -0.0742. The number of ether oxygens (including phenoxy) is 1. The molecule has 0 saturated carbocycles. The van der Waals surface area contributed by atoms with Gasteiger partial charge < -0.3 is 9.64 Å². The Labute approximate surface area is 131 Å². The molecule has 0 aliphatic carbocycles. The second-order valence-electron chi connectivity index (χ2n) is 4.92. The van der Waals surface area contributed by atoms with Crippen molar-refractivity contribution < 1.29 is 22.7 Å². The first kappa shape index (κ1) is 16.8. The van der Waals surface area contributed by atoms with Gasteiger partial charge in [0.05, 0.1) is 5.56 Å². The van der Waals surface area contributed by atoms with E-state index in [1.54, 1.807) is 25.5 Å². The van der Waals surface area contributed by atoms with E-state index in [0.717, 1.165) is 17.7 Å². The standard InChI is InChI=1S/C16H15F3N2O2/c1-21(10-12-3-2-8-20-9-12)15(22)11-23-14-6-4-13(5-7-14)16(17,18)19/h2-9H,10-11H2,1H3. The SMILES string of the molecule is CN(Cc1cccnc1)C(=O)COc1ccc(C(F)(F)F)cc1. The molecule has 23 heavy (non-hydrogen) atoms. The maximum absolute atomic E-state index is 12.4. The molecule has 1 amide bonds. The maximum atomic E-state index is 12.4. The van der Waals surface area contributed by atoms with E-state index in [4.69, 9.17) is 4.74 Å². The van der Waals surface area contributed by atoms with Crippen molar-refractivity contribution in [2.45, 2.75) is 12.7 Å². The lowest BCUT2D eigenvalue weighted by Crippen LogP contribution is -2.31. The fourth-order valence-electron chi connectivity index (χ4n) is 1.85. The van der Waals surface area contributed by atoms with Crippen LogP contribution in [0.25, 0.3) is 0 Å². The molecule has 0 aliphatic rings. The van der Waals surface area contributed by atoms with Crippen molar-refractivity contribution in [2.24, 2.45) is 0 Å². The summed E-state index contributed by atoms with van der Waals surface area (Å²) in [5.41, 5.74) is 0.114. The fraction of sp³-hybridized carbons (Fsp3) is 0.250. The van der Waals surface area contributed by atoms with Crippen LogP contribution in [0.1, 0.15) is 11.1 Å². The Morgan fingerprint density at radius 3 is 2.48 bits per heavy atom. The van der Waals surface area contributed by atoms with Crippen LogP contribution in [0.15, 0.2) is 48.8 Å². The zero-order valence-electron chi connectivity index (χ0n) is 12.4. The van der Waals surface area contributed by atoms with Gasteiger partial charge in [0.15, 0.2) is 6.61 Å². The summed E-state index contributed by atoms with van der Waals surface area (Å²) < 4.78 is 42.5. The zero-order valence-corrected chi connectivity index (χ0v) is 12.4. The third-order valence-electron chi connectivity index (χ3n) is 3.11. The number of halogens is 3. The molecule has 0 spiro atoms. The molecule has 1 heterocycles. The quantitative estimate of drug-likeness (QED) is 0.848. The molecule has 2 rings (SSSR count). The molecule has 2 aromatic rings. The van der Waals surface area contributed by atoms with Gasteiger partial charge in [-0.15, -0.1) is 0 Å². The second-order valence-corrected chi connectivity index (χ2v) is 4.92. The molecule has 0 fully saturated rings. The van der Waals surface area contributed by atoms with Gasteiger partial charge in [0.25, 0.3) is 5.91 Å². The predicted octanol–water partition coefficient (Wildman–Crippen LogP) is 3.14. The number of alkyl halides is 3. The lowest BCUT2D eigenvalue weighted by atomic mass is 10.2. The molecule has 0 aliphatic heterocycles. The van der Waals surface area contributed by atoms with Gasteiger partial charge in [-0.05, 0) is 35.9 Å². The van der Waals surface area contributed by atoms with Gasteiger partial charge >= 0.3 is 6.18 Å². The van der Waals surface area contributed by atoms with Crippen LogP contribution >= 0.6 is 0 Å². The number of carbonyl (C=O) groups excluding carboxylic acids is 1. The number of hydrogen-bond acceptors (Lipinski definition) is 3. The molecule has 122 valence electrons. The van der Waals surface area contributed by atoms with Gasteiger partial charge in [0, 0.05) is 26.0 Å². The zero-order chi connectivity index (χ0) is 16.9. The highest BCUT2D eigenvalue weighted by molar-refractivity contribution is 5.77.